The van der Waals surface area contributed by atoms with Crippen molar-refractivity contribution < 1.29 is 14.3 Å². The van der Waals surface area contributed by atoms with Crippen LogP contribution in [0.1, 0.15) is 67.0 Å². The highest BCUT2D eigenvalue weighted by Gasteiger charge is 2.20. The molecule has 9 nitrogen and oxygen atoms in total. The summed E-state index contributed by atoms with van der Waals surface area (Å²) in [6, 6.07) is 7.77. The van der Waals surface area contributed by atoms with Crippen molar-refractivity contribution in [2.75, 3.05) is 25.1 Å². The van der Waals surface area contributed by atoms with Gasteiger partial charge in [-0.15, -0.1) is 5.10 Å². The minimum Gasteiger partial charge on any atom is -0.494 e. The van der Waals surface area contributed by atoms with Crippen LogP contribution in [0.2, 0.25) is 0 Å². The maximum atomic E-state index is 12.7. The van der Waals surface area contributed by atoms with Gasteiger partial charge in [0.15, 0.2) is 0 Å². The fourth-order valence-electron chi connectivity index (χ4n) is 5.07. The van der Waals surface area contributed by atoms with Crippen molar-refractivity contribution in [3.05, 3.63) is 47.8 Å². The zero-order chi connectivity index (χ0) is 24.7. The highest BCUT2D eigenvalue weighted by Crippen LogP contribution is 2.29. The fourth-order valence-corrected chi connectivity index (χ4v) is 5.07. The highest BCUT2D eigenvalue weighted by molar-refractivity contribution is 6.01. The lowest BCUT2D eigenvalue weighted by Crippen LogP contribution is -2.17. The van der Waals surface area contributed by atoms with E-state index in [0.717, 1.165) is 61.6 Å². The molecule has 2 N–H and O–H groups in total. The molecule has 190 valence electrons. The van der Waals surface area contributed by atoms with E-state index in [1.165, 1.54) is 32.0 Å². The van der Waals surface area contributed by atoms with E-state index in [1.54, 1.807) is 6.07 Å². The van der Waals surface area contributed by atoms with Crippen LogP contribution in [-0.4, -0.2) is 50.9 Å². The number of nitrogens with zero attached hydrogens (tertiary/aromatic N) is 4. The molecule has 3 heterocycles. The molecule has 2 aromatic heterocycles. The lowest BCUT2D eigenvalue weighted by molar-refractivity contribution is 0.0593. The van der Waals surface area contributed by atoms with Gasteiger partial charge in [0.05, 0.1) is 12.3 Å². The van der Waals surface area contributed by atoms with E-state index in [0.29, 0.717) is 30.0 Å². The number of aryl methyl sites for hydroxylation is 1. The maximum absolute atomic E-state index is 12.7. The number of nitrogens with one attached hydrogen (secondary N) is 2. The van der Waals surface area contributed by atoms with Crippen LogP contribution >= 0.6 is 0 Å². The Morgan fingerprint density at radius 1 is 1.11 bits per heavy atom. The minimum absolute atomic E-state index is 0.124. The van der Waals surface area contributed by atoms with Gasteiger partial charge in [-0.2, -0.15) is 0 Å². The van der Waals surface area contributed by atoms with E-state index in [1.807, 2.05) is 25.1 Å². The van der Waals surface area contributed by atoms with Gasteiger partial charge in [0.1, 0.15) is 23.7 Å². The quantitative estimate of drug-likeness (QED) is 0.445. The standard InChI is InChI=1S/C27H34N6O3/c1-18-6-7-21(36-13-10-19-8-11-35-12-9-19)15-22(18)23-16-24(29-17-28-23)31-27(34)26-30-25(32-33-26)14-20-4-2-3-5-20/h6-7,15-17,19-20H,2-5,8-14H2,1H3,(H,30,32,33)(H,28,29,31,34). The molecule has 2 fully saturated rings. The zero-order valence-corrected chi connectivity index (χ0v) is 20.8. The summed E-state index contributed by atoms with van der Waals surface area (Å²) in [5.74, 6) is 3.00. The number of anilines is 1. The first kappa shape index (κ1) is 24.4. The number of carbonyl (C=O) groups excluding carboxylic acids is 1. The minimum atomic E-state index is -0.393. The molecule has 3 aromatic rings. The second-order valence-corrected chi connectivity index (χ2v) is 9.87. The first-order valence-corrected chi connectivity index (χ1v) is 13.0. The molecule has 1 aliphatic carbocycles. The van der Waals surface area contributed by atoms with E-state index >= 15 is 0 Å². The summed E-state index contributed by atoms with van der Waals surface area (Å²) in [5.41, 5.74) is 2.71. The number of amides is 1. The van der Waals surface area contributed by atoms with Crippen molar-refractivity contribution in [3.63, 3.8) is 0 Å². The van der Waals surface area contributed by atoms with Crippen LogP contribution in [0.25, 0.3) is 11.3 Å². The summed E-state index contributed by atoms with van der Waals surface area (Å²) in [7, 11) is 0. The van der Waals surface area contributed by atoms with E-state index in [2.05, 4.69) is 30.5 Å². The molecule has 0 atom stereocenters. The van der Waals surface area contributed by atoms with Gasteiger partial charge < -0.3 is 14.8 Å². The summed E-state index contributed by atoms with van der Waals surface area (Å²) in [5, 5.41) is 9.82. The average molecular weight is 491 g/mol. The van der Waals surface area contributed by atoms with Crippen LogP contribution in [0, 0.1) is 18.8 Å². The van der Waals surface area contributed by atoms with Crippen LogP contribution in [-0.2, 0) is 11.2 Å². The normalized spacial score (nSPS) is 16.8. The van der Waals surface area contributed by atoms with Crippen molar-refractivity contribution in [1.82, 2.24) is 25.1 Å². The largest absolute Gasteiger partial charge is 0.494 e. The molecule has 0 spiro atoms. The summed E-state index contributed by atoms with van der Waals surface area (Å²) in [4.78, 5) is 25.8. The number of ether oxygens (including phenoxy) is 2. The lowest BCUT2D eigenvalue weighted by Gasteiger charge is -2.21. The molecule has 1 amide bonds. The van der Waals surface area contributed by atoms with Crippen LogP contribution in [0.3, 0.4) is 0 Å². The van der Waals surface area contributed by atoms with E-state index < -0.39 is 5.91 Å². The predicted octanol–water partition coefficient (Wildman–Crippen LogP) is 4.75. The summed E-state index contributed by atoms with van der Waals surface area (Å²) in [6.45, 7) is 4.41. The Bertz CT molecular complexity index is 1170. The van der Waals surface area contributed by atoms with Crippen LogP contribution in [0.5, 0.6) is 5.75 Å². The molecular weight excluding hydrogens is 456 g/mol. The van der Waals surface area contributed by atoms with E-state index in [4.69, 9.17) is 9.47 Å². The average Bonchev–Trinajstić information content (AvgIpc) is 3.59. The number of hydrogen-bond donors (Lipinski definition) is 2. The molecular formula is C27H34N6O3. The number of aromatic nitrogens is 5. The molecule has 36 heavy (non-hydrogen) atoms. The van der Waals surface area contributed by atoms with Crippen molar-refractivity contribution in [2.45, 2.75) is 58.3 Å². The number of H-pyrrole nitrogens is 1. The van der Waals surface area contributed by atoms with Gasteiger partial charge in [-0.1, -0.05) is 31.7 Å². The number of carbonyl (C=O) groups is 1. The number of aromatic amines is 1. The Labute approximate surface area is 211 Å². The topological polar surface area (TPSA) is 115 Å². The molecule has 2 aliphatic rings. The molecule has 0 bridgehead atoms. The third kappa shape index (κ3) is 6.26. The van der Waals surface area contributed by atoms with Gasteiger partial charge in [0, 0.05) is 31.3 Å². The molecule has 5 rings (SSSR count). The Morgan fingerprint density at radius 2 is 1.94 bits per heavy atom. The maximum Gasteiger partial charge on any atom is 0.296 e. The monoisotopic (exact) mass is 490 g/mol. The van der Waals surface area contributed by atoms with Crippen molar-refractivity contribution >= 4 is 11.7 Å². The summed E-state index contributed by atoms with van der Waals surface area (Å²) in [6.07, 6.45) is 10.5. The van der Waals surface area contributed by atoms with Crippen LogP contribution < -0.4 is 10.1 Å². The highest BCUT2D eigenvalue weighted by atomic mass is 16.5. The second-order valence-electron chi connectivity index (χ2n) is 9.87. The Hall–Kier alpha value is -3.33. The van der Waals surface area contributed by atoms with Gasteiger partial charge in [-0.05, 0) is 55.7 Å². The van der Waals surface area contributed by atoms with Crippen molar-refractivity contribution in [2.24, 2.45) is 11.8 Å². The zero-order valence-electron chi connectivity index (χ0n) is 20.8. The van der Waals surface area contributed by atoms with E-state index in [-0.39, 0.29) is 5.82 Å². The number of benzene rings is 1. The first-order chi connectivity index (χ1) is 17.6. The van der Waals surface area contributed by atoms with Crippen molar-refractivity contribution in [1.29, 1.82) is 0 Å². The number of rotatable bonds is 9. The van der Waals surface area contributed by atoms with Gasteiger partial charge in [-0.25, -0.2) is 15.0 Å². The third-order valence-electron chi connectivity index (χ3n) is 7.22. The van der Waals surface area contributed by atoms with Crippen LogP contribution in [0.15, 0.2) is 30.6 Å². The summed E-state index contributed by atoms with van der Waals surface area (Å²) < 4.78 is 11.5. The Kier molecular flexibility index (Phi) is 7.85. The van der Waals surface area contributed by atoms with Gasteiger partial charge in [0.25, 0.3) is 5.91 Å². The molecule has 1 saturated heterocycles. The Morgan fingerprint density at radius 3 is 2.78 bits per heavy atom. The lowest BCUT2D eigenvalue weighted by atomic mass is 9.97. The molecule has 9 heteroatoms. The molecule has 1 aromatic carbocycles. The van der Waals surface area contributed by atoms with Gasteiger partial charge in [-0.3, -0.25) is 9.89 Å². The first-order valence-electron chi connectivity index (χ1n) is 13.0. The predicted molar refractivity (Wildman–Crippen MR) is 136 cm³/mol. The smallest absolute Gasteiger partial charge is 0.296 e. The van der Waals surface area contributed by atoms with Crippen molar-refractivity contribution in [3.8, 4) is 17.0 Å². The fraction of sp³-hybridized carbons (Fsp3) is 0.519. The van der Waals surface area contributed by atoms with Gasteiger partial charge in [0.2, 0.25) is 5.82 Å². The molecule has 0 radical (unpaired) electrons. The molecule has 1 aliphatic heterocycles. The second kappa shape index (κ2) is 11.6. The third-order valence-corrected chi connectivity index (χ3v) is 7.22. The molecule has 0 unspecified atom stereocenters. The number of hydrogen-bond acceptors (Lipinski definition) is 7. The van der Waals surface area contributed by atoms with Gasteiger partial charge >= 0.3 is 0 Å². The van der Waals surface area contributed by atoms with Crippen LogP contribution in [0.4, 0.5) is 5.82 Å². The SMILES string of the molecule is Cc1ccc(OCCC2CCOCC2)cc1-c1cc(NC(=O)c2n[nH]c(CC3CCCC3)n2)ncn1. The Balaban J connectivity index is 1.21. The summed E-state index contributed by atoms with van der Waals surface area (Å²) >= 11 is 0. The van der Waals surface area contributed by atoms with E-state index in [9.17, 15) is 4.79 Å². The molecule has 1 saturated carbocycles.